The number of nitrogens with two attached hydrogens (primary N) is 1. The summed E-state index contributed by atoms with van der Waals surface area (Å²) in [6.45, 7) is 12.7. The first-order valence-electron chi connectivity index (χ1n) is 8.40. The number of hydrogen-bond acceptors (Lipinski definition) is 6. The van der Waals surface area contributed by atoms with Crippen molar-refractivity contribution in [2.75, 3.05) is 65.9 Å². The Bertz CT molecular complexity index is 324. The topological polar surface area (TPSA) is 92.0 Å². The van der Waals surface area contributed by atoms with Gasteiger partial charge in [-0.1, -0.05) is 19.9 Å². The second-order valence-electron chi connectivity index (χ2n) is 6.10. The van der Waals surface area contributed by atoms with E-state index >= 15 is 0 Å². The van der Waals surface area contributed by atoms with Crippen LogP contribution in [-0.4, -0.2) is 71.9 Å². The first-order valence-corrected chi connectivity index (χ1v) is 8.40. The molecule has 0 fully saturated rings. The van der Waals surface area contributed by atoms with Crippen LogP contribution in [0.25, 0.3) is 0 Å². The molecule has 7 heteroatoms. The van der Waals surface area contributed by atoms with Crippen LogP contribution in [0.15, 0.2) is 12.7 Å². The highest BCUT2D eigenvalue weighted by atomic mass is 16.6. The Hall–Kier alpha value is -0.990. The summed E-state index contributed by atoms with van der Waals surface area (Å²) in [5, 5.41) is 2.85. The Balaban J connectivity index is 3.25. The predicted molar refractivity (Wildman–Crippen MR) is 93.9 cm³/mol. The molecule has 0 rings (SSSR count). The lowest BCUT2D eigenvalue weighted by molar-refractivity contribution is -0.122. The van der Waals surface area contributed by atoms with E-state index in [-0.39, 0.29) is 11.3 Å². The van der Waals surface area contributed by atoms with Gasteiger partial charge in [0.1, 0.15) is 0 Å². The van der Waals surface area contributed by atoms with E-state index in [0.29, 0.717) is 72.4 Å². The van der Waals surface area contributed by atoms with Gasteiger partial charge in [-0.2, -0.15) is 0 Å². The lowest BCUT2D eigenvalue weighted by Gasteiger charge is -2.22. The van der Waals surface area contributed by atoms with Gasteiger partial charge in [-0.15, -0.1) is 6.58 Å². The molecule has 1 amide bonds. The fourth-order valence-corrected chi connectivity index (χ4v) is 1.49. The first kappa shape index (κ1) is 23.0. The van der Waals surface area contributed by atoms with Crippen molar-refractivity contribution in [3.63, 3.8) is 0 Å². The van der Waals surface area contributed by atoms with Crippen molar-refractivity contribution < 1.29 is 23.7 Å². The summed E-state index contributed by atoms with van der Waals surface area (Å²) < 4.78 is 21.2. The zero-order chi connectivity index (χ0) is 18.1. The molecule has 0 aromatic carbocycles. The normalized spacial score (nSPS) is 11.5. The van der Waals surface area contributed by atoms with E-state index in [1.807, 2.05) is 13.8 Å². The Morgan fingerprint density at radius 1 is 1.00 bits per heavy atom. The molecule has 0 aliphatic heterocycles. The molecule has 0 heterocycles. The summed E-state index contributed by atoms with van der Waals surface area (Å²) >= 11 is 0. The number of carbonyl (C=O) groups excluding carboxylic acids is 1. The van der Waals surface area contributed by atoms with Crippen LogP contribution in [0.3, 0.4) is 0 Å². The van der Waals surface area contributed by atoms with Crippen LogP contribution in [0.1, 0.15) is 20.3 Å². The third kappa shape index (κ3) is 15.9. The molecule has 0 saturated heterocycles. The molecule has 0 radical (unpaired) electrons. The van der Waals surface area contributed by atoms with E-state index < -0.39 is 0 Å². The zero-order valence-electron chi connectivity index (χ0n) is 15.2. The maximum Gasteiger partial charge on any atom is 0.222 e. The Morgan fingerprint density at radius 2 is 1.50 bits per heavy atom. The predicted octanol–water partition coefficient (Wildman–Crippen LogP) is 0.730. The minimum absolute atomic E-state index is 0.0236. The second-order valence-corrected chi connectivity index (χ2v) is 6.10. The van der Waals surface area contributed by atoms with Gasteiger partial charge in [0.25, 0.3) is 0 Å². The molecule has 0 bridgehead atoms. The molecule has 0 saturated carbocycles. The number of nitrogens with one attached hydrogen (secondary N) is 1. The Morgan fingerprint density at radius 3 is 2.00 bits per heavy atom. The van der Waals surface area contributed by atoms with Gasteiger partial charge in [0.2, 0.25) is 5.91 Å². The van der Waals surface area contributed by atoms with Gasteiger partial charge in [-0.05, 0) is 12.0 Å². The number of ether oxygens (including phenoxy) is 4. The smallest absolute Gasteiger partial charge is 0.222 e. The lowest BCUT2D eigenvalue weighted by atomic mass is 9.94. The third-order valence-corrected chi connectivity index (χ3v) is 3.14. The van der Waals surface area contributed by atoms with Crippen LogP contribution >= 0.6 is 0 Å². The van der Waals surface area contributed by atoms with E-state index in [9.17, 15) is 4.79 Å². The molecule has 0 aliphatic rings. The standard InChI is InChI=1S/C17H34N2O5/c1-4-6-21-8-10-23-12-13-24-11-9-22-7-5-16(20)19-15-17(2,3)14-18/h4H,1,5-15,18H2,2-3H3,(H,19,20). The van der Waals surface area contributed by atoms with E-state index in [0.717, 1.165) is 0 Å². The van der Waals surface area contributed by atoms with Gasteiger partial charge in [0, 0.05) is 13.0 Å². The molecule has 0 unspecified atom stereocenters. The highest BCUT2D eigenvalue weighted by Crippen LogP contribution is 2.09. The summed E-state index contributed by atoms with van der Waals surface area (Å²) in [5.41, 5.74) is 5.53. The van der Waals surface area contributed by atoms with E-state index in [1.54, 1.807) is 6.08 Å². The van der Waals surface area contributed by atoms with Crippen molar-refractivity contribution in [1.82, 2.24) is 5.32 Å². The van der Waals surface area contributed by atoms with Crippen molar-refractivity contribution in [3.8, 4) is 0 Å². The molecule has 142 valence electrons. The highest BCUT2D eigenvalue weighted by molar-refractivity contribution is 5.75. The van der Waals surface area contributed by atoms with Crippen molar-refractivity contribution in [2.24, 2.45) is 11.1 Å². The number of hydrogen-bond donors (Lipinski definition) is 2. The first-order chi connectivity index (χ1) is 11.5. The quantitative estimate of drug-likeness (QED) is 0.298. The van der Waals surface area contributed by atoms with Gasteiger partial charge >= 0.3 is 0 Å². The molecule has 7 nitrogen and oxygen atoms in total. The van der Waals surface area contributed by atoms with Gasteiger partial charge < -0.3 is 30.0 Å². The largest absolute Gasteiger partial charge is 0.379 e. The van der Waals surface area contributed by atoms with Gasteiger partial charge in [0.15, 0.2) is 0 Å². The third-order valence-electron chi connectivity index (χ3n) is 3.14. The monoisotopic (exact) mass is 346 g/mol. The molecule has 0 atom stereocenters. The van der Waals surface area contributed by atoms with E-state index in [4.69, 9.17) is 24.7 Å². The van der Waals surface area contributed by atoms with Gasteiger partial charge in [-0.3, -0.25) is 4.79 Å². The highest BCUT2D eigenvalue weighted by Gasteiger charge is 2.16. The minimum atomic E-state index is -0.0792. The maximum atomic E-state index is 11.6. The van der Waals surface area contributed by atoms with Gasteiger partial charge in [0.05, 0.1) is 52.9 Å². The second kappa shape index (κ2) is 15.5. The summed E-state index contributed by atoms with van der Waals surface area (Å²) in [5.74, 6) is -0.0236. The van der Waals surface area contributed by atoms with E-state index in [1.165, 1.54) is 0 Å². The van der Waals surface area contributed by atoms with Crippen molar-refractivity contribution in [1.29, 1.82) is 0 Å². The van der Waals surface area contributed by atoms with Crippen LogP contribution in [-0.2, 0) is 23.7 Å². The van der Waals surface area contributed by atoms with Gasteiger partial charge in [-0.25, -0.2) is 0 Å². The molecule has 0 spiro atoms. The lowest BCUT2D eigenvalue weighted by Crippen LogP contribution is -2.38. The van der Waals surface area contributed by atoms with Crippen LogP contribution in [0, 0.1) is 5.41 Å². The molecular formula is C17H34N2O5. The maximum absolute atomic E-state index is 11.6. The van der Waals surface area contributed by atoms with Crippen LogP contribution in [0.4, 0.5) is 0 Å². The van der Waals surface area contributed by atoms with Crippen molar-refractivity contribution >= 4 is 5.91 Å². The number of carbonyl (C=O) groups is 1. The van der Waals surface area contributed by atoms with E-state index in [2.05, 4.69) is 11.9 Å². The van der Waals surface area contributed by atoms with Crippen LogP contribution in [0.2, 0.25) is 0 Å². The SMILES string of the molecule is C=CCOCCOCCOCCOCCC(=O)NCC(C)(C)CN. The molecule has 24 heavy (non-hydrogen) atoms. The summed E-state index contributed by atoms with van der Waals surface area (Å²) in [6, 6.07) is 0. The zero-order valence-corrected chi connectivity index (χ0v) is 15.2. The van der Waals surface area contributed by atoms with Crippen molar-refractivity contribution in [3.05, 3.63) is 12.7 Å². The van der Waals surface area contributed by atoms with Crippen molar-refractivity contribution in [2.45, 2.75) is 20.3 Å². The molecule has 3 N–H and O–H groups in total. The Labute approximate surface area is 145 Å². The fourth-order valence-electron chi connectivity index (χ4n) is 1.49. The summed E-state index contributed by atoms with van der Waals surface area (Å²) in [7, 11) is 0. The molecule has 0 aliphatic carbocycles. The van der Waals surface area contributed by atoms with Crippen LogP contribution in [0.5, 0.6) is 0 Å². The van der Waals surface area contributed by atoms with Crippen LogP contribution < -0.4 is 11.1 Å². The summed E-state index contributed by atoms with van der Waals surface area (Å²) in [6.07, 6.45) is 2.04. The minimum Gasteiger partial charge on any atom is -0.379 e. The average molecular weight is 346 g/mol. The number of rotatable bonds is 17. The average Bonchev–Trinajstić information content (AvgIpc) is 2.57. The fraction of sp³-hybridized carbons (Fsp3) is 0.824. The molecular weight excluding hydrogens is 312 g/mol. The Kier molecular flexibility index (Phi) is 14.9. The number of amides is 1. The molecule has 0 aromatic heterocycles. The molecule has 0 aromatic rings. The summed E-state index contributed by atoms with van der Waals surface area (Å²) in [4.78, 5) is 11.6.